The second kappa shape index (κ2) is 10.0. The Morgan fingerprint density at radius 3 is 2.42 bits per heavy atom. The Morgan fingerprint density at radius 1 is 1.13 bits per heavy atom. The van der Waals surface area contributed by atoms with Crippen LogP contribution < -0.4 is 5.32 Å². The fourth-order valence-electron chi connectivity index (χ4n) is 2.99. The first-order chi connectivity index (χ1) is 14.6. The van der Waals surface area contributed by atoms with E-state index in [1.54, 1.807) is 24.3 Å². The van der Waals surface area contributed by atoms with Crippen LogP contribution in [-0.2, 0) is 4.79 Å². The molecule has 0 saturated carbocycles. The van der Waals surface area contributed by atoms with Crippen LogP contribution in [0.2, 0.25) is 0 Å². The van der Waals surface area contributed by atoms with Crippen LogP contribution in [0.25, 0.3) is 22.9 Å². The molecule has 31 heavy (non-hydrogen) atoms. The van der Waals surface area contributed by atoms with E-state index in [1.807, 2.05) is 56.5 Å². The smallest absolute Gasteiger partial charge is 0.244 e. The van der Waals surface area contributed by atoms with Gasteiger partial charge >= 0.3 is 0 Å². The topological polar surface area (TPSA) is 46.4 Å². The highest BCUT2D eigenvalue weighted by atomic mass is 19.1. The minimum Gasteiger partial charge on any atom is -0.348 e. The van der Waals surface area contributed by atoms with Crippen LogP contribution in [0.3, 0.4) is 0 Å². The highest BCUT2D eigenvalue weighted by Gasteiger charge is 2.13. The van der Waals surface area contributed by atoms with E-state index in [9.17, 15) is 9.18 Å². The van der Waals surface area contributed by atoms with Crippen molar-refractivity contribution in [2.24, 2.45) is 0 Å². The van der Waals surface area contributed by atoms with E-state index in [4.69, 9.17) is 0 Å². The average molecular weight is 420 g/mol. The number of carbonyl (C=O) groups is 1. The van der Waals surface area contributed by atoms with Crippen LogP contribution >= 0.6 is 0 Å². The van der Waals surface area contributed by atoms with Crippen molar-refractivity contribution in [2.75, 3.05) is 0 Å². The number of fused-ring (bicyclic) bond motifs is 1. The normalized spacial score (nSPS) is 13.7. The Hall–Kier alpha value is -3.47. The zero-order chi connectivity index (χ0) is 23.2. The van der Waals surface area contributed by atoms with Crippen LogP contribution in [0, 0.1) is 0 Å². The lowest BCUT2D eigenvalue weighted by atomic mass is 10.1. The molecule has 0 saturated heterocycles. The lowest BCUT2D eigenvalue weighted by molar-refractivity contribution is -0.117. The summed E-state index contributed by atoms with van der Waals surface area (Å²) in [6.07, 6.45) is 13.6. The van der Waals surface area contributed by atoms with E-state index in [1.165, 1.54) is 19.1 Å². The lowest BCUT2D eigenvalue weighted by Gasteiger charge is -2.19. The van der Waals surface area contributed by atoms with Crippen molar-refractivity contribution in [3.8, 4) is 0 Å². The highest BCUT2D eigenvalue weighted by molar-refractivity contribution is 5.91. The average Bonchev–Trinajstić information content (AvgIpc) is 3.05. The molecule has 0 fully saturated rings. The number of aromatic nitrogens is 2. The van der Waals surface area contributed by atoms with Gasteiger partial charge in [-0.3, -0.25) is 9.20 Å². The molecule has 0 unspecified atom stereocenters. The third kappa shape index (κ3) is 6.51. The zero-order valence-electron chi connectivity index (χ0n) is 18.9. The predicted octanol–water partition coefficient (Wildman–Crippen LogP) is 6.29. The van der Waals surface area contributed by atoms with Crippen molar-refractivity contribution in [1.29, 1.82) is 0 Å². The van der Waals surface area contributed by atoms with E-state index in [-0.39, 0.29) is 17.3 Å². The second-order valence-electron chi connectivity index (χ2n) is 8.23. The maximum absolute atomic E-state index is 13.1. The third-order valence-electron chi connectivity index (χ3n) is 4.33. The molecule has 0 aromatic carbocycles. The van der Waals surface area contributed by atoms with Crippen LogP contribution in [0.4, 0.5) is 4.39 Å². The molecule has 2 aromatic rings. The van der Waals surface area contributed by atoms with Gasteiger partial charge in [-0.1, -0.05) is 31.4 Å². The molecule has 5 heteroatoms. The fourth-order valence-corrected chi connectivity index (χ4v) is 2.99. The predicted molar refractivity (Wildman–Crippen MR) is 129 cm³/mol. The van der Waals surface area contributed by atoms with Crippen molar-refractivity contribution in [3.05, 3.63) is 90.7 Å². The van der Waals surface area contributed by atoms with Crippen molar-refractivity contribution < 1.29 is 9.18 Å². The molecular formula is C26H30FN3O. The Bertz CT molecular complexity index is 1120. The monoisotopic (exact) mass is 419 g/mol. The SMILES string of the molecule is C=C/C=C(\C=C\C(=O)NC(C)(C)C)c1ccc2nc(/C(C)=C/C=C(\C)F)c(C=C)n2c1. The molecule has 162 valence electrons. The summed E-state index contributed by atoms with van der Waals surface area (Å²) < 4.78 is 15.1. The zero-order valence-corrected chi connectivity index (χ0v) is 18.9. The van der Waals surface area contributed by atoms with E-state index < -0.39 is 0 Å². The molecule has 0 aliphatic carbocycles. The first-order valence-electron chi connectivity index (χ1n) is 10.0. The van der Waals surface area contributed by atoms with Crippen LogP contribution in [0.15, 0.2) is 73.8 Å². The molecule has 2 heterocycles. The number of amides is 1. The van der Waals surface area contributed by atoms with E-state index in [0.29, 0.717) is 0 Å². The largest absolute Gasteiger partial charge is 0.348 e. The highest BCUT2D eigenvalue weighted by Crippen LogP contribution is 2.25. The number of rotatable bonds is 7. The molecule has 0 aliphatic rings. The Balaban J connectivity index is 2.50. The third-order valence-corrected chi connectivity index (χ3v) is 4.33. The number of pyridine rings is 1. The molecule has 2 rings (SSSR count). The Morgan fingerprint density at radius 2 is 1.84 bits per heavy atom. The van der Waals surface area contributed by atoms with Gasteiger partial charge in [0.15, 0.2) is 0 Å². The van der Waals surface area contributed by atoms with Gasteiger partial charge in [-0.25, -0.2) is 9.37 Å². The minimum atomic E-state index is -0.310. The number of nitrogens with one attached hydrogen (secondary N) is 1. The van der Waals surface area contributed by atoms with Crippen molar-refractivity contribution in [1.82, 2.24) is 14.7 Å². The van der Waals surface area contributed by atoms with Gasteiger partial charge in [0.2, 0.25) is 5.91 Å². The van der Waals surface area contributed by atoms with E-state index >= 15 is 0 Å². The van der Waals surface area contributed by atoms with Crippen molar-refractivity contribution in [3.63, 3.8) is 0 Å². The number of hydrogen-bond acceptors (Lipinski definition) is 2. The van der Waals surface area contributed by atoms with Crippen molar-refractivity contribution in [2.45, 2.75) is 40.2 Å². The molecule has 0 spiro atoms. The van der Waals surface area contributed by atoms with E-state index in [0.717, 1.165) is 33.7 Å². The van der Waals surface area contributed by atoms with Gasteiger partial charge in [0, 0.05) is 17.8 Å². The van der Waals surface area contributed by atoms with Gasteiger partial charge in [0.05, 0.1) is 17.2 Å². The summed E-state index contributed by atoms with van der Waals surface area (Å²) in [6.45, 7) is 16.8. The molecular weight excluding hydrogens is 389 g/mol. The molecule has 0 atom stereocenters. The summed E-state index contributed by atoms with van der Waals surface area (Å²) >= 11 is 0. The lowest BCUT2D eigenvalue weighted by Crippen LogP contribution is -2.39. The summed E-state index contributed by atoms with van der Waals surface area (Å²) in [4.78, 5) is 16.9. The van der Waals surface area contributed by atoms with E-state index in [2.05, 4.69) is 23.5 Å². The molecule has 1 N–H and O–H groups in total. The first kappa shape index (κ1) is 23.8. The summed E-state index contributed by atoms with van der Waals surface area (Å²) in [5, 5.41) is 2.91. The first-order valence-corrected chi connectivity index (χ1v) is 10.0. The number of hydrogen-bond donors (Lipinski definition) is 1. The summed E-state index contributed by atoms with van der Waals surface area (Å²) in [6, 6.07) is 3.83. The van der Waals surface area contributed by atoms with Gasteiger partial charge in [0.25, 0.3) is 0 Å². The molecule has 0 bridgehead atoms. The summed E-state index contributed by atoms with van der Waals surface area (Å²) in [7, 11) is 0. The Labute approximate surface area is 183 Å². The minimum absolute atomic E-state index is 0.169. The maximum Gasteiger partial charge on any atom is 0.244 e. The van der Waals surface area contributed by atoms with Gasteiger partial charge in [-0.05, 0) is 81.7 Å². The number of nitrogens with zero attached hydrogens (tertiary/aromatic N) is 2. The number of imidazole rings is 1. The maximum atomic E-state index is 13.1. The fraction of sp³-hybridized carbons (Fsp3) is 0.231. The van der Waals surface area contributed by atoms with Crippen molar-refractivity contribution >= 4 is 28.8 Å². The number of halogens is 1. The van der Waals surface area contributed by atoms with Gasteiger partial charge in [-0.15, -0.1) is 0 Å². The van der Waals surface area contributed by atoms with Gasteiger partial charge in [0.1, 0.15) is 5.65 Å². The number of allylic oxidation sites excluding steroid dienone is 8. The second-order valence-corrected chi connectivity index (χ2v) is 8.23. The van der Waals surface area contributed by atoms with Crippen LogP contribution in [0.5, 0.6) is 0 Å². The quantitative estimate of drug-likeness (QED) is 0.423. The molecule has 0 aliphatic heterocycles. The molecule has 2 aromatic heterocycles. The van der Waals surface area contributed by atoms with Crippen LogP contribution in [0.1, 0.15) is 51.6 Å². The molecule has 4 nitrogen and oxygen atoms in total. The standard InChI is InChI=1S/C26H30FN3O/c1-8-10-20(14-16-24(31)29-26(5,6)7)21-13-15-23-28-25(18(3)11-12-19(4)27)22(9-2)30(23)17-21/h8-17H,1-2H2,3-7H3,(H,29,31)/b16-14+,18-11+,19-12+,20-10+. The molecule has 0 radical (unpaired) electrons. The number of carbonyl (C=O) groups excluding carboxylic acids is 1. The van der Waals surface area contributed by atoms with Gasteiger partial charge < -0.3 is 5.32 Å². The molecule has 1 amide bonds. The van der Waals surface area contributed by atoms with Gasteiger partial charge in [-0.2, -0.15) is 0 Å². The summed E-state index contributed by atoms with van der Waals surface area (Å²) in [5.74, 6) is -0.441. The van der Waals surface area contributed by atoms with Crippen LogP contribution in [-0.4, -0.2) is 20.8 Å². The Kier molecular flexibility index (Phi) is 7.70. The summed E-state index contributed by atoms with van der Waals surface area (Å²) in [5.41, 5.74) is 4.53.